The number of phenolic OH excluding ortho intramolecular Hbond substituents is 2. The number of benzene rings is 2. The number of aromatic hydroxyl groups is 2. The lowest BCUT2D eigenvalue weighted by Crippen LogP contribution is -2.55. The van der Waals surface area contributed by atoms with E-state index in [-0.39, 0.29) is 16.9 Å². The van der Waals surface area contributed by atoms with Gasteiger partial charge in [0.1, 0.15) is 77.6 Å². The number of aliphatic hydroxyl groups is 7. The number of ether oxygens (including phenoxy) is 2. The molecule has 2 fully saturated rings. The van der Waals surface area contributed by atoms with Gasteiger partial charge >= 0.3 is 0 Å². The highest BCUT2D eigenvalue weighted by Gasteiger charge is 2.47. The van der Waals surface area contributed by atoms with Crippen molar-refractivity contribution >= 4 is 11.0 Å². The third-order valence-electron chi connectivity index (χ3n) is 7.20. The molecule has 2 aromatic carbocycles. The van der Waals surface area contributed by atoms with Crippen molar-refractivity contribution in [2.45, 2.75) is 54.9 Å². The van der Waals surface area contributed by atoms with Crippen molar-refractivity contribution < 1.29 is 59.8 Å². The Morgan fingerprint density at radius 2 is 1.46 bits per heavy atom. The maximum atomic E-state index is 14.0. The molecule has 0 spiro atoms. The molecule has 2 aliphatic rings. The average molecular weight is 548 g/mol. The summed E-state index contributed by atoms with van der Waals surface area (Å²) in [6.45, 7) is -1.18. The van der Waals surface area contributed by atoms with Crippen LogP contribution in [0.5, 0.6) is 11.5 Å². The van der Waals surface area contributed by atoms with Crippen LogP contribution in [-0.2, 0) is 9.47 Å². The lowest BCUT2D eigenvalue weighted by atomic mass is 9.88. The Morgan fingerprint density at radius 3 is 2.13 bits per heavy atom. The SMILES string of the molecule is O=c1c(C2OCC(O)C(O)C2O)c(-c2ccccc2)oc2c(C3OC(CO)C(O)C(O)C3O)c(O)cc(O)c12. The normalized spacial score (nSPS) is 33.4. The summed E-state index contributed by atoms with van der Waals surface area (Å²) in [5.41, 5.74) is -1.74. The van der Waals surface area contributed by atoms with Crippen molar-refractivity contribution in [3.63, 3.8) is 0 Å². The summed E-state index contributed by atoms with van der Waals surface area (Å²) < 4.78 is 17.2. The molecule has 0 amide bonds. The van der Waals surface area contributed by atoms with Crippen molar-refractivity contribution in [2.75, 3.05) is 13.2 Å². The number of phenols is 2. The van der Waals surface area contributed by atoms with Gasteiger partial charge in [-0.2, -0.15) is 0 Å². The molecule has 210 valence electrons. The summed E-state index contributed by atoms with van der Waals surface area (Å²) in [5.74, 6) is -1.61. The monoisotopic (exact) mass is 548 g/mol. The maximum absolute atomic E-state index is 14.0. The fourth-order valence-corrected chi connectivity index (χ4v) is 5.10. The van der Waals surface area contributed by atoms with E-state index in [2.05, 4.69) is 0 Å². The van der Waals surface area contributed by atoms with Crippen LogP contribution >= 0.6 is 0 Å². The van der Waals surface area contributed by atoms with Gasteiger partial charge in [-0.1, -0.05) is 30.3 Å². The first-order valence-corrected chi connectivity index (χ1v) is 12.1. The Balaban J connectivity index is 1.81. The van der Waals surface area contributed by atoms with E-state index in [0.717, 1.165) is 6.07 Å². The minimum atomic E-state index is -1.85. The van der Waals surface area contributed by atoms with Gasteiger partial charge in [0.05, 0.1) is 24.3 Å². The first kappa shape index (κ1) is 27.5. The summed E-state index contributed by atoms with van der Waals surface area (Å²) >= 11 is 0. The van der Waals surface area contributed by atoms with Crippen molar-refractivity contribution in [1.29, 1.82) is 0 Å². The first-order valence-electron chi connectivity index (χ1n) is 12.1. The average Bonchev–Trinajstić information content (AvgIpc) is 2.92. The van der Waals surface area contributed by atoms with E-state index < -0.39 is 96.0 Å². The highest BCUT2D eigenvalue weighted by atomic mass is 16.5. The second kappa shape index (κ2) is 10.5. The van der Waals surface area contributed by atoms with Crippen LogP contribution in [0.15, 0.2) is 45.6 Å². The minimum absolute atomic E-state index is 0.184. The molecule has 9 unspecified atom stereocenters. The smallest absolute Gasteiger partial charge is 0.203 e. The van der Waals surface area contributed by atoms with E-state index in [1.807, 2.05) is 0 Å². The van der Waals surface area contributed by atoms with E-state index in [9.17, 15) is 50.8 Å². The molecule has 0 aliphatic carbocycles. The fraction of sp³-hybridized carbons (Fsp3) is 0.423. The van der Waals surface area contributed by atoms with E-state index >= 15 is 0 Å². The van der Waals surface area contributed by atoms with Gasteiger partial charge in [-0.05, 0) is 0 Å². The lowest BCUT2D eigenvalue weighted by molar-refractivity contribution is -0.231. The second-order valence-corrected chi connectivity index (χ2v) is 9.62. The van der Waals surface area contributed by atoms with Crippen molar-refractivity contribution in [3.05, 3.63) is 57.7 Å². The molecule has 1 aromatic heterocycles. The zero-order valence-corrected chi connectivity index (χ0v) is 20.2. The summed E-state index contributed by atoms with van der Waals surface area (Å²) in [6.07, 6.45) is -14.7. The van der Waals surface area contributed by atoms with Gasteiger partial charge in [0, 0.05) is 11.6 Å². The molecule has 0 bridgehead atoms. The van der Waals surface area contributed by atoms with Crippen LogP contribution < -0.4 is 5.43 Å². The lowest BCUT2D eigenvalue weighted by Gasteiger charge is -2.40. The topological polar surface area (TPSA) is 231 Å². The summed E-state index contributed by atoms with van der Waals surface area (Å²) in [6, 6.07) is 8.84. The van der Waals surface area contributed by atoms with Gasteiger partial charge in [0.2, 0.25) is 5.43 Å². The van der Waals surface area contributed by atoms with E-state index in [4.69, 9.17) is 13.9 Å². The molecular weight excluding hydrogens is 520 g/mol. The maximum Gasteiger partial charge on any atom is 0.203 e. The number of fused-ring (bicyclic) bond motifs is 1. The molecule has 0 saturated carbocycles. The number of rotatable bonds is 4. The fourth-order valence-electron chi connectivity index (χ4n) is 5.10. The van der Waals surface area contributed by atoms with Crippen LogP contribution in [0.2, 0.25) is 0 Å². The predicted octanol–water partition coefficient (Wildman–Crippen LogP) is -1.46. The largest absolute Gasteiger partial charge is 0.507 e. The van der Waals surface area contributed by atoms with E-state index in [1.165, 1.54) is 0 Å². The van der Waals surface area contributed by atoms with Crippen LogP contribution in [0.1, 0.15) is 23.3 Å². The van der Waals surface area contributed by atoms with E-state index in [1.54, 1.807) is 30.3 Å². The molecule has 0 radical (unpaired) electrons. The Bertz CT molecular complexity index is 1400. The number of hydrogen-bond donors (Lipinski definition) is 9. The third kappa shape index (κ3) is 4.47. The predicted molar refractivity (Wildman–Crippen MR) is 131 cm³/mol. The number of aliphatic hydroxyl groups excluding tert-OH is 7. The van der Waals surface area contributed by atoms with E-state index in [0.29, 0.717) is 5.56 Å². The molecule has 3 aromatic rings. The summed E-state index contributed by atoms with van der Waals surface area (Å²) in [7, 11) is 0. The van der Waals surface area contributed by atoms with Crippen LogP contribution in [-0.4, -0.2) is 102 Å². The zero-order chi connectivity index (χ0) is 28.2. The van der Waals surface area contributed by atoms with Crippen molar-refractivity contribution in [3.8, 4) is 22.8 Å². The minimum Gasteiger partial charge on any atom is -0.507 e. The molecule has 2 saturated heterocycles. The van der Waals surface area contributed by atoms with Crippen molar-refractivity contribution in [1.82, 2.24) is 0 Å². The molecule has 39 heavy (non-hydrogen) atoms. The number of hydrogen-bond acceptors (Lipinski definition) is 13. The van der Waals surface area contributed by atoms with Gasteiger partial charge in [-0.15, -0.1) is 0 Å². The zero-order valence-electron chi connectivity index (χ0n) is 20.2. The Morgan fingerprint density at radius 1 is 0.795 bits per heavy atom. The Labute approximate surface area is 220 Å². The molecule has 13 nitrogen and oxygen atoms in total. The highest BCUT2D eigenvalue weighted by molar-refractivity contribution is 5.90. The molecular formula is C26H28O13. The van der Waals surface area contributed by atoms with Gasteiger partial charge < -0.3 is 59.8 Å². The van der Waals surface area contributed by atoms with Gasteiger partial charge in [-0.3, -0.25) is 4.79 Å². The quantitative estimate of drug-likeness (QED) is 0.182. The summed E-state index contributed by atoms with van der Waals surface area (Å²) in [4.78, 5) is 14.0. The van der Waals surface area contributed by atoms with Crippen LogP contribution in [0.25, 0.3) is 22.3 Å². The molecule has 2 aliphatic heterocycles. The van der Waals surface area contributed by atoms with Crippen LogP contribution in [0.3, 0.4) is 0 Å². The van der Waals surface area contributed by atoms with Crippen LogP contribution in [0, 0.1) is 0 Å². The third-order valence-corrected chi connectivity index (χ3v) is 7.20. The Hall–Kier alpha value is -3.11. The molecule has 13 heteroatoms. The molecule has 9 atom stereocenters. The Kier molecular flexibility index (Phi) is 7.37. The van der Waals surface area contributed by atoms with Gasteiger partial charge in [-0.25, -0.2) is 0 Å². The van der Waals surface area contributed by atoms with Crippen molar-refractivity contribution in [2.24, 2.45) is 0 Å². The molecule has 3 heterocycles. The van der Waals surface area contributed by atoms with Crippen LogP contribution in [0.4, 0.5) is 0 Å². The summed E-state index contributed by atoms with van der Waals surface area (Å²) in [5, 5.41) is 92.7. The second-order valence-electron chi connectivity index (χ2n) is 9.62. The van der Waals surface area contributed by atoms with Gasteiger partial charge in [0.25, 0.3) is 0 Å². The van der Waals surface area contributed by atoms with Gasteiger partial charge in [0.15, 0.2) is 5.58 Å². The molecule has 9 N–H and O–H groups in total. The highest BCUT2D eigenvalue weighted by Crippen LogP contribution is 2.45. The molecule has 5 rings (SSSR count). The first-order chi connectivity index (χ1) is 18.6. The standard InChI is InChI=1S/C26H28O13/c27-7-13-18(32)20(34)22(36)26(38-13)15-11(29)6-10(28)14-19(33)16(25-21(35)17(31)12(30)8-37-25)23(39-24(14)15)9-4-2-1-3-5-9/h1-6,12-13,17-18,20-22,25-32,34-36H,7-8H2.